The van der Waals surface area contributed by atoms with Gasteiger partial charge in [0.2, 0.25) is 0 Å². The lowest BCUT2D eigenvalue weighted by molar-refractivity contribution is 0.0946. The van der Waals surface area contributed by atoms with Crippen LogP contribution in [-0.4, -0.2) is 35.0 Å². The highest BCUT2D eigenvalue weighted by Crippen LogP contribution is 2.24. The average Bonchev–Trinajstić information content (AvgIpc) is 2.78. The number of methoxy groups -OCH3 is 1. The molecule has 7 heteroatoms. The standard InChI is InChI=1S/C23H32N2O4S/c1-5-7-8-18(6-2)17-24-23(26)19-9-11-20(12-10-19)25(3)30(27,28)22-15-13-21(29-4)14-16-22/h9-16,18H,5-8,17H2,1-4H3,(H,24,26)/t18-/m1/s1. The Bertz CT molecular complexity index is 909. The summed E-state index contributed by atoms with van der Waals surface area (Å²) in [7, 11) is -0.684. The highest BCUT2D eigenvalue weighted by atomic mass is 32.2. The number of hydrogen-bond donors (Lipinski definition) is 1. The fourth-order valence-electron chi connectivity index (χ4n) is 3.15. The summed E-state index contributed by atoms with van der Waals surface area (Å²) in [5.41, 5.74) is 0.996. The number of hydrogen-bond acceptors (Lipinski definition) is 4. The van der Waals surface area contributed by atoms with Crippen LogP contribution in [0, 0.1) is 5.92 Å². The lowest BCUT2D eigenvalue weighted by Gasteiger charge is -2.20. The maximum absolute atomic E-state index is 12.9. The average molecular weight is 433 g/mol. The molecule has 0 bridgehead atoms. The van der Waals surface area contributed by atoms with Crippen molar-refractivity contribution in [1.29, 1.82) is 0 Å². The van der Waals surface area contributed by atoms with E-state index in [2.05, 4.69) is 19.2 Å². The summed E-state index contributed by atoms with van der Waals surface area (Å²) in [5, 5.41) is 2.99. The van der Waals surface area contributed by atoms with E-state index in [9.17, 15) is 13.2 Å². The summed E-state index contributed by atoms with van der Waals surface area (Å²) in [4.78, 5) is 12.6. The predicted octanol–water partition coefficient (Wildman–Crippen LogP) is 4.47. The van der Waals surface area contributed by atoms with Crippen molar-refractivity contribution in [2.24, 2.45) is 5.92 Å². The lowest BCUT2D eigenvalue weighted by atomic mass is 9.99. The topological polar surface area (TPSA) is 75.7 Å². The first-order valence-electron chi connectivity index (χ1n) is 10.3. The number of unbranched alkanes of at least 4 members (excludes halogenated alkanes) is 1. The zero-order valence-corrected chi connectivity index (χ0v) is 19.0. The molecule has 2 rings (SSSR count). The number of anilines is 1. The van der Waals surface area contributed by atoms with Gasteiger partial charge in [-0.3, -0.25) is 9.10 Å². The molecule has 0 spiro atoms. The van der Waals surface area contributed by atoms with E-state index in [1.807, 2.05) is 0 Å². The summed E-state index contributed by atoms with van der Waals surface area (Å²) >= 11 is 0. The van der Waals surface area contributed by atoms with Crippen LogP contribution in [0.1, 0.15) is 49.9 Å². The van der Waals surface area contributed by atoms with Crippen LogP contribution in [0.15, 0.2) is 53.4 Å². The summed E-state index contributed by atoms with van der Waals surface area (Å²) < 4.78 is 32.0. The molecule has 164 valence electrons. The van der Waals surface area contributed by atoms with Gasteiger partial charge in [-0.05, 0) is 60.9 Å². The van der Waals surface area contributed by atoms with E-state index in [1.165, 1.54) is 30.6 Å². The van der Waals surface area contributed by atoms with Crippen LogP contribution in [0.3, 0.4) is 0 Å². The van der Waals surface area contributed by atoms with E-state index in [4.69, 9.17) is 4.74 Å². The van der Waals surface area contributed by atoms with Gasteiger partial charge in [0.25, 0.3) is 15.9 Å². The third kappa shape index (κ3) is 5.98. The number of carbonyl (C=O) groups is 1. The molecule has 0 radical (unpaired) electrons. The highest BCUT2D eigenvalue weighted by Gasteiger charge is 2.21. The summed E-state index contributed by atoms with van der Waals surface area (Å²) in [6.45, 7) is 4.96. The van der Waals surface area contributed by atoms with E-state index in [1.54, 1.807) is 36.4 Å². The molecule has 0 saturated heterocycles. The van der Waals surface area contributed by atoms with Gasteiger partial charge in [0.05, 0.1) is 17.7 Å². The largest absolute Gasteiger partial charge is 0.497 e. The van der Waals surface area contributed by atoms with Crippen molar-refractivity contribution in [3.8, 4) is 5.75 Å². The Kier molecular flexibility index (Phi) is 8.72. The van der Waals surface area contributed by atoms with Crippen molar-refractivity contribution in [2.75, 3.05) is 25.0 Å². The van der Waals surface area contributed by atoms with Crippen LogP contribution < -0.4 is 14.4 Å². The van der Waals surface area contributed by atoms with Crippen molar-refractivity contribution < 1.29 is 17.9 Å². The molecule has 1 amide bonds. The van der Waals surface area contributed by atoms with Gasteiger partial charge in [0.15, 0.2) is 0 Å². The second-order valence-corrected chi connectivity index (χ2v) is 9.29. The zero-order chi connectivity index (χ0) is 22.1. The molecule has 0 aliphatic heterocycles. The van der Waals surface area contributed by atoms with Crippen LogP contribution in [0.5, 0.6) is 5.75 Å². The molecule has 0 aliphatic carbocycles. The maximum atomic E-state index is 12.9. The quantitative estimate of drug-likeness (QED) is 0.569. The molecule has 0 aromatic heterocycles. The Morgan fingerprint density at radius 3 is 2.23 bits per heavy atom. The van der Waals surface area contributed by atoms with Gasteiger partial charge in [-0.15, -0.1) is 0 Å². The Morgan fingerprint density at radius 1 is 1.07 bits per heavy atom. The molecule has 0 fully saturated rings. The fourth-order valence-corrected chi connectivity index (χ4v) is 4.35. The fraction of sp³-hybridized carbons (Fsp3) is 0.435. The van der Waals surface area contributed by atoms with Gasteiger partial charge in [0.1, 0.15) is 5.75 Å². The van der Waals surface area contributed by atoms with Crippen molar-refractivity contribution in [3.63, 3.8) is 0 Å². The Labute approximate surface area is 180 Å². The number of nitrogens with zero attached hydrogens (tertiary/aromatic N) is 1. The molecule has 2 aromatic carbocycles. The van der Waals surface area contributed by atoms with Gasteiger partial charge in [0, 0.05) is 19.2 Å². The van der Waals surface area contributed by atoms with Crippen LogP contribution in [0.4, 0.5) is 5.69 Å². The third-order valence-electron chi connectivity index (χ3n) is 5.31. The normalized spacial score (nSPS) is 12.3. The van der Waals surface area contributed by atoms with Crippen LogP contribution in [0.25, 0.3) is 0 Å². The minimum absolute atomic E-state index is 0.142. The van der Waals surface area contributed by atoms with E-state index in [-0.39, 0.29) is 10.8 Å². The predicted molar refractivity (Wildman–Crippen MR) is 121 cm³/mol. The zero-order valence-electron chi connectivity index (χ0n) is 18.2. The number of nitrogens with one attached hydrogen (secondary N) is 1. The number of ether oxygens (including phenoxy) is 1. The van der Waals surface area contributed by atoms with Crippen molar-refractivity contribution >= 4 is 21.6 Å². The van der Waals surface area contributed by atoms with E-state index in [0.717, 1.165) is 25.7 Å². The van der Waals surface area contributed by atoms with Crippen LogP contribution in [-0.2, 0) is 10.0 Å². The second kappa shape index (κ2) is 11.0. The SMILES string of the molecule is CCCC[C@@H](CC)CNC(=O)c1ccc(N(C)S(=O)(=O)c2ccc(OC)cc2)cc1. The van der Waals surface area contributed by atoms with Gasteiger partial charge in [-0.1, -0.05) is 33.1 Å². The smallest absolute Gasteiger partial charge is 0.264 e. The Balaban J connectivity index is 2.05. The number of sulfonamides is 1. The first-order chi connectivity index (χ1) is 14.3. The number of amides is 1. The van der Waals surface area contributed by atoms with Crippen molar-refractivity contribution in [1.82, 2.24) is 5.32 Å². The van der Waals surface area contributed by atoms with Gasteiger partial charge < -0.3 is 10.1 Å². The summed E-state index contributed by atoms with van der Waals surface area (Å²) in [6.07, 6.45) is 4.46. The highest BCUT2D eigenvalue weighted by molar-refractivity contribution is 7.92. The first-order valence-corrected chi connectivity index (χ1v) is 11.8. The minimum atomic E-state index is -3.71. The van der Waals surface area contributed by atoms with Gasteiger partial charge in [-0.25, -0.2) is 8.42 Å². The molecule has 0 saturated carbocycles. The number of carbonyl (C=O) groups excluding carboxylic acids is 1. The molecule has 0 heterocycles. The molecule has 6 nitrogen and oxygen atoms in total. The molecular formula is C23H32N2O4S. The van der Waals surface area contributed by atoms with Crippen LogP contribution in [0.2, 0.25) is 0 Å². The summed E-state index contributed by atoms with van der Waals surface area (Å²) in [5.74, 6) is 0.929. The van der Waals surface area contributed by atoms with E-state index in [0.29, 0.717) is 29.5 Å². The number of rotatable bonds is 11. The maximum Gasteiger partial charge on any atom is 0.264 e. The van der Waals surface area contributed by atoms with Gasteiger partial charge >= 0.3 is 0 Å². The molecule has 1 N–H and O–H groups in total. The van der Waals surface area contributed by atoms with Gasteiger partial charge in [-0.2, -0.15) is 0 Å². The van der Waals surface area contributed by atoms with Crippen molar-refractivity contribution in [2.45, 2.75) is 44.4 Å². The molecule has 0 unspecified atom stereocenters. The number of benzene rings is 2. The molecule has 1 atom stereocenters. The minimum Gasteiger partial charge on any atom is -0.497 e. The van der Waals surface area contributed by atoms with E-state index >= 15 is 0 Å². The Hall–Kier alpha value is -2.54. The summed E-state index contributed by atoms with van der Waals surface area (Å²) in [6, 6.07) is 12.8. The molecular weight excluding hydrogens is 400 g/mol. The third-order valence-corrected chi connectivity index (χ3v) is 7.11. The van der Waals surface area contributed by atoms with E-state index < -0.39 is 10.0 Å². The van der Waals surface area contributed by atoms with Crippen molar-refractivity contribution in [3.05, 3.63) is 54.1 Å². The van der Waals surface area contributed by atoms with Crippen LogP contribution >= 0.6 is 0 Å². The second-order valence-electron chi connectivity index (χ2n) is 7.32. The molecule has 0 aliphatic rings. The molecule has 2 aromatic rings. The Morgan fingerprint density at radius 2 is 1.70 bits per heavy atom. The monoisotopic (exact) mass is 432 g/mol. The first kappa shape index (κ1) is 23.7. The lowest BCUT2D eigenvalue weighted by Crippen LogP contribution is -2.29. The molecule has 30 heavy (non-hydrogen) atoms.